The number of hydrogen-bond acceptors (Lipinski definition) is 3. The molecule has 1 aliphatic carbocycles. The third kappa shape index (κ3) is 1.95. The molecule has 2 aliphatic heterocycles. The first kappa shape index (κ1) is 13.3. The highest BCUT2D eigenvalue weighted by Crippen LogP contribution is 2.45. The molecule has 4 heterocycles. The standard InChI is InChI=1S/C18H20N4O/c23-16(14-1-2-14)21-9-5-18(12-21)6-10-22-15(11-20-17(18)22)13-3-7-19-8-4-13/h3-4,7-8,11,14H,1-2,5-6,9-10,12H2/t18-/m1/s1. The number of aromatic nitrogens is 3. The van der Waals surface area contributed by atoms with Crippen LogP contribution in [-0.2, 0) is 16.8 Å². The molecular weight excluding hydrogens is 288 g/mol. The Hall–Kier alpha value is -2.17. The highest BCUT2D eigenvalue weighted by Gasteiger charge is 2.49. The number of fused-ring (bicyclic) bond motifs is 2. The van der Waals surface area contributed by atoms with Crippen LogP contribution < -0.4 is 0 Å². The summed E-state index contributed by atoms with van der Waals surface area (Å²) >= 11 is 0. The monoisotopic (exact) mass is 308 g/mol. The van der Waals surface area contributed by atoms with Crippen LogP contribution in [0.4, 0.5) is 0 Å². The fourth-order valence-electron chi connectivity index (χ4n) is 4.25. The molecular formula is C18H20N4O. The maximum absolute atomic E-state index is 12.4. The number of pyridine rings is 1. The van der Waals surface area contributed by atoms with Gasteiger partial charge in [-0.2, -0.15) is 0 Å². The Morgan fingerprint density at radius 2 is 1.96 bits per heavy atom. The predicted octanol–water partition coefficient (Wildman–Crippen LogP) is 2.23. The average molecular weight is 308 g/mol. The van der Waals surface area contributed by atoms with Gasteiger partial charge in [-0.25, -0.2) is 4.98 Å². The second-order valence-electron chi connectivity index (χ2n) is 7.17. The number of carbonyl (C=O) groups is 1. The summed E-state index contributed by atoms with van der Waals surface area (Å²) in [5.41, 5.74) is 2.42. The van der Waals surface area contributed by atoms with Gasteiger partial charge in [0.05, 0.1) is 11.9 Å². The van der Waals surface area contributed by atoms with Crippen LogP contribution in [0.1, 0.15) is 31.5 Å². The molecule has 1 saturated heterocycles. The zero-order valence-electron chi connectivity index (χ0n) is 13.1. The van der Waals surface area contributed by atoms with E-state index in [1.54, 1.807) is 0 Å². The molecule has 0 N–H and O–H groups in total. The SMILES string of the molecule is O=C(C1CC1)N1CC[C@@]2(CCn3c(-c4ccncc4)cnc32)C1. The van der Waals surface area contributed by atoms with E-state index in [-0.39, 0.29) is 5.41 Å². The molecule has 2 fully saturated rings. The van der Waals surface area contributed by atoms with E-state index >= 15 is 0 Å². The summed E-state index contributed by atoms with van der Waals surface area (Å²) in [6.45, 7) is 2.75. The topological polar surface area (TPSA) is 51.0 Å². The van der Waals surface area contributed by atoms with E-state index in [1.165, 1.54) is 17.1 Å². The fraction of sp³-hybridized carbons (Fsp3) is 0.500. The van der Waals surface area contributed by atoms with Crippen molar-refractivity contribution >= 4 is 5.91 Å². The largest absolute Gasteiger partial charge is 0.341 e. The van der Waals surface area contributed by atoms with Gasteiger partial charge < -0.3 is 9.47 Å². The zero-order valence-corrected chi connectivity index (χ0v) is 13.1. The molecule has 5 nitrogen and oxygen atoms in total. The summed E-state index contributed by atoms with van der Waals surface area (Å²) in [4.78, 5) is 23.3. The number of nitrogens with zero attached hydrogens (tertiary/aromatic N) is 4. The molecule has 3 aliphatic rings. The van der Waals surface area contributed by atoms with Crippen LogP contribution in [0.25, 0.3) is 11.3 Å². The van der Waals surface area contributed by atoms with Crippen molar-refractivity contribution in [3.63, 3.8) is 0 Å². The van der Waals surface area contributed by atoms with E-state index in [9.17, 15) is 4.79 Å². The lowest BCUT2D eigenvalue weighted by atomic mass is 9.85. The summed E-state index contributed by atoms with van der Waals surface area (Å²) in [5, 5.41) is 0. The fourth-order valence-corrected chi connectivity index (χ4v) is 4.25. The van der Waals surface area contributed by atoms with Gasteiger partial charge in [-0.15, -0.1) is 0 Å². The number of imidazole rings is 1. The normalized spacial score (nSPS) is 26.0. The van der Waals surface area contributed by atoms with Crippen molar-refractivity contribution in [3.05, 3.63) is 36.5 Å². The zero-order chi connectivity index (χ0) is 15.4. The van der Waals surface area contributed by atoms with Crippen molar-refractivity contribution in [2.75, 3.05) is 13.1 Å². The van der Waals surface area contributed by atoms with Gasteiger partial charge in [-0.1, -0.05) is 0 Å². The second-order valence-corrected chi connectivity index (χ2v) is 7.17. The quantitative estimate of drug-likeness (QED) is 0.855. The van der Waals surface area contributed by atoms with Gasteiger partial charge in [0, 0.05) is 48.9 Å². The first-order valence-corrected chi connectivity index (χ1v) is 8.52. The molecule has 0 bridgehead atoms. The molecule has 1 saturated carbocycles. The Kier molecular flexibility index (Phi) is 2.69. The van der Waals surface area contributed by atoms with Crippen molar-refractivity contribution in [2.24, 2.45) is 5.92 Å². The van der Waals surface area contributed by atoms with Crippen LogP contribution >= 0.6 is 0 Å². The number of likely N-dealkylation sites (tertiary alicyclic amines) is 1. The predicted molar refractivity (Wildman–Crippen MR) is 85.7 cm³/mol. The minimum absolute atomic E-state index is 0.0792. The van der Waals surface area contributed by atoms with E-state index < -0.39 is 0 Å². The van der Waals surface area contributed by atoms with Gasteiger partial charge in [-0.3, -0.25) is 9.78 Å². The van der Waals surface area contributed by atoms with Crippen LogP contribution in [0.2, 0.25) is 0 Å². The minimum atomic E-state index is 0.0792. The Morgan fingerprint density at radius 3 is 2.74 bits per heavy atom. The number of carbonyl (C=O) groups excluding carboxylic acids is 1. The van der Waals surface area contributed by atoms with Crippen molar-refractivity contribution in [1.82, 2.24) is 19.4 Å². The maximum atomic E-state index is 12.4. The minimum Gasteiger partial charge on any atom is -0.341 e. The summed E-state index contributed by atoms with van der Waals surface area (Å²) in [7, 11) is 0. The lowest BCUT2D eigenvalue weighted by molar-refractivity contribution is -0.131. The molecule has 1 atom stereocenters. The van der Waals surface area contributed by atoms with Crippen LogP contribution in [0.5, 0.6) is 0 Å². The molecule has 0 radical (unpaired) electrons. The van der Waals surface area contributed by atoms with Crippen molar-refractivity contribution < 1.29 is 4.79 Å². The van der Waals surface area contributed by atoms with Crippen molar-refractivity contribution in [3.8, 4) is 11.3 Å². The van der Waals surface area contributed by atoms with Crippen molar-refractivity contribution in [1.29, 1.82) is 0 Å². The van der Waals surface area contributed by atoms with E-state index in [0.29, 0.717) is 11.8 Å². The first-order chi connectivity index (χ1) is 11.3. The summed E-state index contributed by atoms with van der Waals surface area (Å²) in [5.74, 6) is 1.87. The maximum Gasteiger partial charge on any atom is 0.225 e. The smallest absolute Gasteiger partial charge is 0.225 e. The summed E-state index contributed by atoms with van der Waals surface area (Å²) < 4.78 is 2.35. The lowest BCUT2D eigenvalue weighted by Crippen LogP contribution is -2.34. The van der Waals surface area contributed by atoms with Gasteiger partial charge in [0.1, 0.15) is 5.82 Å². The van der Waals surface area contributed by atoms with E-state index in [4.69, 9.17) is 4.98 Å². The van der Waals surface area contributed by atoms with Crippen molar-refractivity contribution in [2.45, 2.75) is 37.6 Å². The first-order valence-electron chi connectivity index (χ1n) is 8.52. The third-order valence-corrected chi connectivity index (χ3v) is 5.71. The Balaban J connectivity index is 1.46. The molecule has 0 unspecified atom stereocenters. The van der Waals surface area contributed by atoms with Gasteiger partial charge in [-0.05, 0) is 37.8 Å². The van der Waals surface area contributed by atoms with E-state index in [1.807, 2.05) is 30.7 Å². The molecule has 0 aromatic carbocycles. The van der Waals surface area contributed by atoms with Crippen LogP contribution in [0, 0.1) is 5.92 Å². The van der Waals surface area contributed by atoms with E-state index in [2.05, 4.69) is 14.5 Å². The molecule has 118 valence electrons. The van der Waals surface area contributed by atoms with Crippen LogP contribution in [-0.4, -0.2) is 38.4 Å². The molecule has 5 heteroatoms. The average Bonchev–Trinajstić information content (AvgIpc) is 3.06. The van der Waals surface area contributed by atoms with E-state index in [0.717, 1.165) is 45.3 Å². The third-order valence-electron chi connectivity index (χ3n) is 5.71. The van der Waals surface area contributed by atoms with Crippen LogP contribution in [0.3, 0.4) is 0 Å². The molecule has 1 spiro atoms. The van der Waals surface area contributed by atoms with Gasteiger partial charge in [0.15, 0.2) is 0 Å². The highest BCUT2D eigenvalue weighted by atomic mass is 16.2. The van der Waals surface area contributed by atoms with Gasteiger partial charge in [0.2, 0.25) is 5.91 Å². The molecule has 2 aromatic rings. The number of amides is 1. The van der Waals surface area contributed by atoms with Crippen LogP contribution in [0.15, 0.2) is 30.7 Å². The highest BCUT2D eigenvalue weighted by molar-refractivity contribution is 5.81. The second kappa shape index (κ2) is 4.66. The molecule has 23 heavy (non-hydrogen) atoms. The Labute approximate surface area is 135 Å². The molecule has 2 aromatic heterocycles. The number of rotatable bonds is 2. The number of hydrogen-bond donors (Lipinski definition) is 0. The Morgan fingerprint density at radius 1 is 1.17 bits per heavy atom. The Bertz CT molecular complexity index is 765. The summed E-state index contributed by atoms with van der Waals surface area (Å²) in [6, 6.07) is 4.07. The van der Waals surface area contributed by atoms with Gasteiger partial charge in [0.25, 0.3) is 0 Å². The summed E-state index contributed by atoms with van der Waals surface area (Å²) in [6.07, 6.45) is 9.96. The lowest BCUT2D eigenvalue weighted by Gasteiger charge is -2.22. The van der Waals surface area contributed by atoms with Gasteiger partial charge >= 0.3 is 0 Å². The molecule has 5 rings (SSSR count). The molecule has 1 amide bonds.